The highest BCUT2D eigenvalue weighted by atomic mass is 35.5. The Morgan fingerprint density at radius 2 is 1.97 bits per heavy atom. The van der Waals surface area contributed by atoms with Crippen LogP contribution in [-0.4, -0.2) is 38.9 Å². The lowest BCUT2D eigenvalue weighted by Crippen LogP contribution is -2.48. The molecule has 0 aliphatic carbocycles. The fourth-order valence-corrected chi connectivity index (χ4v) is 5.43. The van der Waals surface area contributed by atoms with E-state index in [1.165, 1.54) is 30.8 Å². The summed E-state index contributed by atoms with van der Waals surface area (Å²) < 4.78 is 39.6. The maximum absolute atomic E-state index is 13.8. The van der Waals surface area contributed by atoms with Crippen LogP contribution in [0.4, 0.5) is 10.1 Å². The Labute approximate surface area is 191 Å². The molecule has 2 aromatic rings. The summed E-state index contributed by atoms with van der Waals surface area (Å²) in [5.41, 5.74) is 1.46. The third-order valence-corrected chi connectivity index (χ3v) is 7.15. The van der Waals surface area contributed by atoms with Crippen LogP contribution in [0.1, 0.15) is 18.1 Å². The van der Waals surface area contributed by atoms with Crippen molar-refractivity contribution in [2.24, 2.45) is 0 Å². The highest BCUT2D eigenvalue weighted by molar-refractivity contribution is 7.98. The number of thioether (sulfide) groups is 1. The zero-order chi connectivity index (χ0) is 22.5. The van der Waals surface area contributed by atoms with Gasteiger partial charge in [0.25, 0.3) is 0 Å². The van der Waals surface area contributed by atoms with E-state index < -0.39 is 22.0 Å². The van der Waals surface area contributed by atoms with E-state index in [2.05, 4.69) is 5.32 Å². The van der Waals surface area contributed by atoms with Crippen molar-refractivity contribution in [1.82, 2.24) is 5.32 Å². The second-order valence-corrected chi connectivity index (χ2v) is 10.5. The molecule has 0 saturated carbocycles. The first-order valence-electron chi connectivity index (χ1n) is 9.06. The molecule has 0 saturated heterocycles. The molecule has 0 aliphatic rings. The smallest absolute Gasteiger partial charge is 0.243 e. The molecule has 2 aromatic carbocycles. The molecule has 1 N–H and O–H groups in total. The third-order valence-electron chi connectivity index (χ3n) is 4.35. The van der Waals surface area contributed by atoms with Crippen LogP contribution in [0.25, 0.3) is 0 Å². The number of halogens is 3. The Kier molecular flexibility index (Phi) is 8.85. The molecule has 2 rings (SSSR count). The molecule has 5 nitrogen and oxygen atoms in total. The molecule has 0 aromatic heterocycles. The predicted octanol–water partition coefficient (Wildman–Crippen LogP) is 4.65. The van der Waals surface area contributed by atoms with Crippen molar-refractivity contribution < 1.29 is 17.6 Å². The summed E-state index contributed by atoms with van der Waals surface area (Å²) in [5.74, 6) is 0.0735. The fraction of sp³-hybridized carbons (Fsp3) is 0.350. The summed E-state index contributed by atoms with van der Waals surface area (Å²) >= 11 is 13.4. The maximum atomic E-state index is 13.8. The second kappa shape index (κ2) is 10.7. The minimum absolute atomic E-state index is 0.298. The maximum Gasteiger partial charge on any atom is 0.243 e. The number of rotatable bonds is 9. The van der Waals surface area contributed by atoms with Gasteiger partial charge in [-0.1, -0.05) is 35.3 Å². The zero-order valence-electron chi connectivity index (χ0n) is 16.8. The van der Waals surface area contributed by atoms with Gasteiger partial charge in [-0.3, -0.25) is 9.10 Å². The molecule has 0 bridgehead atoms. The van der Waals surface area contributed by atoms with Crippen molar-refractivity contribution in [3.63, 3.8) is 0 Å². The number of nitrogens with one attached hydrogen (secondary N) is 1. The number of amides is 1. The van der Waals surface area contributed by atoms with E-state index in [-0.39, 0.29) is 5.82 Å². The normalized spacial score (nSPS) is 12.5. The lowest BCUT2D eigenvalue weighted by molar-refractivity contribution is -0.121. The van der Waals surface area contributed by atoms with Crippen LogP contribution in [0.3, 0.4) is 0 Å². The molecule has 0 aliphatic heterocycles. The number of hydrogen-bond donors (Lipinski definition) is 1. The average Bonchev–Trinajstić information content (AvgIpc) is 2.65. The third kappa shape index (κ3) is 6.51. The van der Waals surface area contributed by atoms with E-state index in [0.29, 0.717) is 44.9 Å². The number of carbonyl (C=O) groups is 1. The van der Waals surface area contributed by atoms with Crippen molar-refractivity contribution in [3.05, 3.63) is 63.4 Å². The summed E-state index contributed by atoms with van der Waals surface area (Å²) in [7, 11) is -3.73. The first-order valence-corrected chi connectivity index (χ1v) is 12.8. The zero-order valence-corrected chi connectivity index (χ0v) is 19.9. The number of nitrogens with zero attached hydrogens (tertiary/aromatic N) is 1. The van der Waals surface area contributed by atoms with E-state index in [9.17, 15) is 17.6 Å². The van der Waals surface area contributed by atoms with Crippen molar-refractivity contribution in [3.8, 4) is 0 Å². The molecule has 0 spiro atoms. The van der Waals surface area contributed by atoms with Gasteiger partial charge < -0.3 is 5.32 Å². The number of sulfonamides is 1. The van der Waals surface area contributed by atoms with Crippen LogP contribution in [0.5, 0.6) is 0 Å². The number of carbonyl (C=O) groups excluding carboxylic acids is 1. The van der Waals surface area contributed by atoms with Crippen molar-refractivity contribution in [1.29, 1.82) is 0 Å². The molecule has 10 heteroatoms. The molecule has 0 fully saturated rings. The number of benzene rings is 2. The van der Waals surface area contributed by atoms with Gasteiger partial charge in [0, 0.05) is 33.7 Å². The van der Waals surface area contributed by atoms with E-state index >= 15 is 0 Å². The largest absolute Gasteiger partial charge is 0.353 e. The minimum Gasteiger partial charge on any atom is -0.353 e. The Balaban J connectivity index is 1.98. The van der Waals surface area contributed by atoms with E-state index in [0.717, 1.165) is 10.6 Å². The van der Waals surface area contributed by atoms with Crippen LogP contribution in [0.15, 0.2) is 36.4 Å². The molecule has 0 unspecified atom stereocenters. The Morgan fingerprint density at radius 1 is 1.27 bits per heavy atom. The Bertz CT molecular complexity index is 999. The number of aryl methyl sites for hydroxylation is 1. The molecule has 164 valence electrons. The highest BCUT2D eigenvalue weighted by Crippen LogP contribution is 2.28. The van der Waals surface area contributed by atoms with Crippen LogP contribution < -0.4 is 9.62 Å². The van der Waals surface area contributed by atoms with Crippen molar-refractivity contribution >= 4 is 56.6 Å². The van der Waals surface area contributed by atoms with E-state index in [1.807, 2.05) is 0 Å². The van der Waals surface area contributed by atoms with Crippen LogP contribution in [-0.2, 0) is 20.6 Å². The lowest BCUT2D eigenvalue weighted by Gasteiger charge is -2.29. The predicted molar refractivity (Wildman–Crippen MR) is 124 cm³/mol. The second-order valence-electron chi connectivity index (χ2n) is 6.71. The standard InChI is InChI=1S/C20H23Cl2FN2O3S2/c1-13-7-8-15(21)11-19(13)25(30(3,27)28)14(2)20(26)24-9-10-29-12-16-17(22)5-4-6-18(16)23/h4-8,11,14H,9-10,12H2,1-3H3,(H,24,26)/t14-/m0/s1. The van der Waals surface area contributed by atoms with Crippen LogP contribution in [0.2, 0.25) is 10.0 Å². The van der Waals surface area contributed by atoms with Gasteiger partial charge in [-0.25, -0.2) is 12.8 Å². The first kappa shape index (κ1) is 24.8. The summed E-state index contributed by atoms with van der Waals surface area (Å²) in [6.45, 7) is 3.56. The van der Waals surface area contributed by atoms with Gasteiger partial charge in [-0.05, 0) is 43.7 Å². The highest BCUT2D eigenvalue weighted by Gasteiger charge is 2.30. The summed E-state index contributed by atoms with van der Waals surface area (Å²) in [4.78, 5) is 12.6. The molecule has 1 amide bonds. The Morgan fingerprint density at radius 3 is 2.60 bits per heavy atom. The first-order chi connectivity index (χ1) is 14.0. The fourth-order valence-electron chi connectivity index (χ4n) is 2.84. The van der Waals surface area contributed by atoms with E-state index in [4.69, 9.17) is 23.2 Å². The summed E-state index contributed by atoms with van der Waals surface area (Å²) in [6.07, 6.45) is 1.05. The van der Waals surface area contributed by atoms with Gasteiger partial charge in [0.05, 0.1) is 11.9 Å². The topological polar surface area (TPSA) is 66.5 Å². The molecule has 0 heterocycles. The van der Waals surface area contributed by atoms with Gasteiger partial charge in [0.15, 0.2) is 0 Å². The van der Waals surface area contributed by atoms with Gasteiger partial charge in [0.1, 0.15) is 11.9 Å². The molecular formula is C20H23Cl2FN2O3S2. The van der Waals surface area contributed by atoms with Crippen molar-refractivity contribution in [2.75, 3.05) is 22.9 Å². The lowest BCUT2D eigenvalue weighted by atomic mass is 10.2. The summed E-state index contributed by atoms with van der Waals surface area (Å²) in [6, 6.07) is 8.43. The van der Waals surface area contributed by atoms with E-state index in [1.54, 1.807) is 31.2 Å². The van der Waals surface area contributed by atoms with Gasteiger partial charge >= 0.3 is 0 Å². The van der Waals surface area contributed by atoms with Gasteiger partial charge in [-0.15, -0.1) is 0 Å². The van der Waals surface area contributed by atoms with Crippen LogP contribution >= 0.6 is 35.0 Å². The molecule has 1 atom stereocenters. The van der Waals surface area contributed by atoms with Gasteiger partial charge in [0.2, 0.25) is 15.9 Å². The quantitative estimate of drug-likeness (QED) is 0.517. The average molecular weight is 493 g/mol. The number of hydrogen-bond acceptors (Lipinski definition) is 4. The van der Waals surface area contributed by atoms with Gasteiger partial charge in [-0.2, -0.15) is 11.8 Å². The number of anilines is 1. The molecular weight excluding hydrogens is 470 g/mol. The van der Waals surface area contributed by atoms with Crippen molar-refractivity contribution in [2.45, 2.75) is 25.6 Å². The SMILES string of the molecule is Cc1ccc(Cl)cc1N([C@@H](C)C(=O)NCCSCc1c(F)cccc1Cl)S(C)(=O)=O. The summed E-state index contributed by atoms with van der Waals surface area (Å²) in [5, 5.41) is 3.47. The monoisotopic (exact) mass is 492 g/mol. The molecule has 30 heavy (non-hydrogen) atoms. The van der Waals surface area contributed by atoms with Crippen LogP contribution in [0, 0.1) is 12.7 Å². The molecule has 0 radical (unpaired) electrons. The minimum atomic E-state index is -3.73. The Hall–Kier alpha value is -1.48.